The summed E-state index contributed by atoms with van der Waals surface area (Å²) in [4.78, 5) is 11.6. The van der Waals surface area contributed by atoms with Crippen molar-refractivity contribution in [3.63, 3.8) is 0 Å². The van der Waals surface area contributed by atoms with Crippen LogP contribution in [0.25, 0.3) is 0 Å². The van der Waals surface area contributed by atoms with E-state index in [0.717, 1.165) is 6.07 Å². The molecular formula is C12H17FN2O3. The molecule has 0 fully saturated rings. The molecule has 3 N–H and O–H groups in total. The summed E-state index contributed by atoms with van der Waals surface area (Å²) in [5, 5.41) is 2.46. The van der Waals surface area contributed by atoms with Crippen LogP contribution >= 0.6 is 0 Å². The molecule has 0 heterocycles. The first kappa shape index (κ1) is 14.2. The highest BCUT2D eigenvalue weighted by Crippen LogP contribution is 2.32. The van der Waals surface area contributed by atoms with Gasteiger partial charge in [-0.15, -0.1) is 0 Å². The molecule has 5 nitrogen and oxygen atoms in total. The molecule has 0 aliphatic rings. The van der Waals surface area contributed by atoms with Crippen molar-refractivity contribution in [3.05, 3.63) is 17.9 Å². The predicted octanol–water partition coefficient (Wildman–Crippen LogP) is 1.38. The number of amides is 1. The first-order valence-electron chi connectivity index (χ1n) is 5.46. The van der Waals surface area contributed by atoms with E-state index in [1.807, 2.05) is 0 Å². The standard InChI is InChI=1S/C12H17FN2O3/c1-7(6-14)12(16)15-9-5-11(18-3)10(17-2)4-8(9)13/h4-5,7H,6,14H2,1-3H3,(H,15,16). The molecular weight excluding hydrogens is 239 g/mol. The Morgan fingerprint density at radius 2 is 1.94 bits per heavy atom. The summed E-state index contributed by atoms with van der Waals surface area (Å²) in [7, 11) is 2.84. The second-order valence-corrected chi connectivity index (χ2v) is 3.81. The lowest BCUT2D eigenvalue weighted by Gasteiger charge is -2.13. The Morgan fingerprint density at radius 3 is 2.44 bits per heavy atom. The average molecular weight is 256 g/mol. The van der Waals surface area contributed by atoms with E-state index in [1.165, 1.54) is 20.3 Å². The SMILES string of the molecule is COc1cc(F)c(NC(=O)C(C)CN)cc1OC. The highest BCUT2D eigenvalue weighted by Gasteiger charge is 2.16. The molecule has 1 rings (SSSR count). The van der Waals surface area contributed by atoms with Gasteiger partial charge < -0.3 is 20.5 Å². The van der Waals surface area contributed by atoms with E-state index in [2.05, 4.69) is 5.32 Å². The number of nitrogens with one attached hydrogen (secondary N) is 1. The van der Waals surface area contributed by atoms with E-state index in [9.17, 15) is 9.18 Å². The van der Waals surface area contributed by atoms with Crippen LogP contribution in [0.2, 0.25) is 0 Å². The number of methoxy groups -OCH3 is 2. The summed E-state index contributed by atoms with van der Waals surface area (Å²) < 4.78 is 23.7. The fourth-order valence-corrected chi connectivity index (χ4v) is 1.31. The van der Waals surface area contributed by atoms with Crippen LogP contribution in [-0.2, 0) is 4.79 Å². The van der Waals surface area contributed by atoms with Crippen LogP contribution in [0.5, 0.6) is 11.5 Å². The lowest BCUT2D eigenvalue weighted by atomic mass is 10.1. The molecule has 0 radical (unpaired) electrons. The maximum absolute atomic E-state index is 13.7. The number of halogens is 1. The number of benzene rings is 1. The first-order chi connectivity index (χ1) is 8.53. The van der Waals surface area contributed by atoms with Crippen molar-refractivity contribution in [3.8, 4) is 11.5 Å². The fraction of sp³-hybridized carbons (Fsp3) is 0.417. The van der Waals surface area contributed by atoms with E-state index >= 15 is 0 Å². The van der Waals surface area contributed by atoms with Gasteiger partial charge in [-0.3, -0.25) is 4.79 Å². The number of hydrogen-bond donors (Lipinski definition) is 2. The second kappa shape index (κ2) is 6.20. The Hall–Kier alpha value is -1.82. The van der Waals surface area contributed by atoms with Crippen molar-refractivity contribution in [1.82, 2.24) is 0 Å². The van der Waals surface area contributed by atoms with E-state index < -0.39 is 11.7 Å². The number of carbonyl (C=O) groups excluding carboxylic acids is 1. The highest BCUT2D eigenvalue weighted by molar-refractivity contribution is 5.92. The molecule has 0 saturated heterocycles. The number of hydrogen-bond acceptors (Lipinski definition) is 4. The van der Waals surface area contributed by atoms with Crippen molar-refractivity contribution in [2.24, 2.45) is 11.7 Å². The number of rotatable bonds is 5. The summed E-state index contributed by atoms with van der Waals surface area (Å²) in [6.07, 6.45) is 0. The quantitative estimate of drug-likeness (QED) is 0.834. The minimum absolute atomic E-state index is 0.0398. The topological polar surface area (TPSA) is 73.6 Å². The van der Waals surface area contributed by atoms with E-state index in [-0.39, 0.29) is 23.9 Å². The molecule has 0 bridgehead atoms. The molecule has 6 heteroatoms. The molecule has 18 heavy (non-hydrogen) atoms. The fourth-order valence-electron chi connectivity index (χ4n) is 1.31. The van der Waals surface area contributed by atoms with Gasteiger partial charge in [-0.05, 0) is 0 Å². The second-order valence-electron chi connectivity index (χ2n) is 3.81. The molecule has 100 valence electrons. The monoisotopic (exact) mass is 256 g/mol. The van der Waals surface area contributed by atoms with E-state index in [1.54, 1.807) is 6.92 Å². The van der Waals surface area contributed by atoms with Gasteiger partial charge in [0.15, 0.2) is 17.3 Å². The van der Waals surface area contributed by atoms with Gasteiger partial charge in [-0.1, -0.05) is 6.92 Å². The molecule has 1 aromatic rings. The zero-order valence-corrected chi connectivity index (χ0v) is 10.6. The third-order valence-electron chi connectivity index (χ3n) is 2.53. The van der Waals surface area contributed by atoms with Gasteiger partial charge in [-0.25, -0.2) is 4.39 Å². The first-order valence-corrected chi connectivity index (χ1v) is 5.46. The van der Waals surface area contributed by atoms with Gasteiger partial charge in [0.05, 0.1) is 19.9 Å². The maximum atomic E-state index is 13.7. The van der Waals surface area contributed by atoms with Crippen LogP contribution in [-0.4, -0.2) is 26.7 Å². The Kier molecular flexibility index (Phi) is 4.91. The average Bonchev–Trinajstić information content (AvgIpc) is 2.39. The van der Waals surface area contributed by atoms with Gasteiger partial charge in [0.1, 0.15) is 0 Å². The zero-order valence-electron chi connectivity index (χ0n) is 10.6. The number of anilines is 1. The molecule has 1 amide bonds. The van der Waals surface area contributed by atoms with Crippen LogP contribution in [0, 0.1) is 11.7 Å². The molecule has 1 unspecified atom stereocenters. The maximum Gasteiger partial charge on any atom is 0.228 e. The minimum Gasteiger partial charge on any atom is -0.493 e. The van der Waals surface area contributed by atoms with Crippen LogP contribution in [0.4, 0.5) is 10.1 Å². The largest absolute Gasteiger partial charge is 0.493 e. The lowest BCUT2D eigenvalue weighted by Crippen LogP contribution is -2.27. The molecule has 0 aliphatic heterocycles. The Bertz CT molecular complexity index is 438. The molecule has 1 atom stereocenters. The number of ether oxygens (including phenoxy) is 2. The Labute approximate surface area is 105 Å². The van der Waals surface area contributed by atoms with E-state index in [4.69, 9.17) is 15.2 Å². The van der Waals surface area contributed by atoms with Crippen LogP contribution in [0.15, 0.2) is 12.1 Å². The number of carbonyl (C=O) groups is 1. The molecule has 0 aromatic heterocycles. The highest BCUT2D eigenvalue weighted by atomic mass is 19.1. The summed E-state index contributed by atoms with van der Waals surface area (Å²) >= 11 is 0. The summed E-state index contributed by atoms with van der Waals surface area (Å²) in [5.74, 6) is -0.721. The normalized spacial score (nSPS) is 11.8. The van der Waals surface area contributed by atoms with Crippen molar-refractivity contribution in [2.45, 2.75) is 6.92 Å². The Balaban J connectivity index is 2.99. The minimum atomic E-state index is -0.592. The van der Waals surface area contributed by atoms with Gasteiger partial charge >= 0.3 is 0 Å². The van der Waals surface area contributed by atoms with Gasteiger partial charge in [-0.2, -0.15) is 0 Å². The summed E-state index contributed by atoms with van der Waals surface area (Å²) in [6.45, 7) is 1.86. The third-order valence-corrected chi connectivity index (χ3v) is 2.53. The molecule has 0 saturated carbocycles. The van der Waals surface area contributed by atoms with Crippen molar-refractivity contribution >= 4 is 11.6 Å². The smallest absolute Gasteiger partial charge is 0.228 e. The van der Waals surface area contributed by atoms with Crippen LogP contribution in [0.3, 0.4) is 0 Å². The van der Waals surface area contributed by atoms with Crippen molar-refractivity contribution < 1.29 is 18.7 Å². The molecule has 0 aliphatic carbocycles. The number of nitrogens with two attached hydrogens (primary N) is 1. The predicted molar refractivity (Wildman–Crippen MR) is 66.4 cm³/mol. The van der Waals surface area contributed by atoms with Gasteiger partial charge in [0, 0.05) is 24.6 Å². The Morgan fingerprint density at radius 1 is 1.39 bits per heavy atom. The van der Waals surface area contributed by atoms with E-state index in [0.29, 0.717) is 5.75 Å². The summed E-state index contributed by atoms with van der Waals surface area (Å²) in [5.41, 5.74) is 5.41. The van der Waals surface area contributed by atoms with Gasteiger partial charge in [0.25, 0.3) is 0 Å². The van der Waals surface area contributed by atoms with Crippen molar-refractivity contribution in [2.75, 3.05) is 26.1 Å². The summed E-state index contributed by atoms with van der Waals surface area (Å²) in [6, 6.07) is 2.52. The zero-order chi connectivity index (χ0) is 13.7. The van der Waals surface area contributed by atoms with Crippen LogP contribution in [0.1, 0.15) is 6.92 Å². The lowest BCUT2D eigenvalue weighted by molar-refractivity contribution is -0.119. The third kappa shape index (κ3) is 3.10. The molecule has 1 aromatic carbocycles. The van der Waals surface area contributed by atoms with Crippen LogP contribution < -0.4 is 20.5 Å². The molecule has 0 spiro atoms. The van der Waals surface area contributed by atoms with Crippen molar-refractivity contribution in [1.29, 1.82) is 0 Å². The van der Waals surface area contributed by atoms with Gasteiger partial charge in [0.2, 0.25) is 5.91 Å².